The summed E-state index contributed by atoms with van der Waals surface area (Å²) in [5, 5.41) is 4.48. The van der Waals surface area contributed by atoms with Crippen LogP contribution >= 0.6 is 23.1 Å². The van der Waals surface area contributed by atoms with E-state index >= 15 is 0 Å². The summed E-state index contributed by atoms with van der Waals surface area (Å²) in [4.78, 5) is 7.67. The summed E-state index contributed by atoms with van der Waals surface area (Å²) in [5.74, 6) is 1.55. The van der Waals surface area contributed by atoms with E-state index in [2.05, 4.69) is 36.5 Å². The molecule has 94 valence electrons. The fourth-order valence-electron chi connectivity index (χ4n) is 2.21. The zero-order chi connectivity index (χ0) is 12.5. The third-order valence-corrected chi connectivity index (χ3v) is 5.72. The molecular formula is C14H16N2S2. The lowest BCUT2D eigenvalue weighted by atomic mass is 10.1. The van der Waals surface area contributed by atoms with E-state index in [4.69, 9.17) is 4.98 Å². The molecule has 1 aromatic carbocycles. The number of nitrogens with zero attached hydrogens (tertiary/aromatic N) is 1. The van der Waals surface area contributed by atoms with Crippen molar-refractivity contribution in [2.24, 2.45) is 0 Å². The summed E-state index contributed by atoms with van der Waals surface area (Å²) < 4.78 is 0. The molecule has 0 fully saturated rings. The van der Waals surface area contributed by atoms with Crippen molar-refractivity contribution in [2.75, 3.05) is 13.6 Å². The second kappa shape index (κ2) is 5.03. The summed E-state index contributed by atoms with van der Waals surface area (Å²) in [6.45, 7) is 3.22. The topological polar surface area (TPSA) is 24.9 Å². The quantitative estimate of drug-likeness (QED) is 0.924. The zero-order valence-corrected chi connectivity index (χ0v) is 12.2. The average Bonchev–Trinajstić information content (AvgIpc) is 2.83. The van der Waals surface area contributed by atoms with Gasteiger partial charge in [-0.1, -0.05) is 25.1 Å². The lowest BCUT2D eigenvalue weighted by Crippen LogP contribution is -2.14. The van der Waals surface area contributed by atoms with Gasteiger partial charge in [-0.25, -0.2) is 4.98 Å². The number of thiazole rings is 1. The molecule has 4 heteroatoms. The van der Waals surface area contributed by atoms with Crippen LogP contribution in [0.2, 0.25) is 0 Å². The fraction of sp³-hybridized carbons (Fsp3) is 0.357. The number of thioether (sulfide) groups is 1. The molecule has 0 radical (unpaired) electrons. The van der Waals surface area contributed by atoms with Crippen LogP contribution in [0.15, 0.2) is 29.2 Å². The first kappa shape index (κ1) is 12.2. The minimum atomic E-state index is 0.489. The predicted octanol–water partition coefficient (Wildman–Crippen LogP) is 3.74. The molecule has 1 atom stereocenters. The average molecular weight is 276 g/mol. The van der Waals surface area contributed by atoms with Crippen molar-refractivity contribution in [2.45, 2.75) is 23.5 Å². The van der Waals surface area contributed by atoms with Crippen LogP contribution in [0.5, 0.6) is 0 Å². The number of nitrogens with one attached hydrogen (secondary N) is 1. The van der Waals surface area contributed by atoms with Crippen molar-refractivity contribution < 1.29 is 0 Å². The number of fused-ring (bicyclic) bond motifs is 3. The summed E-state index contributed by atoms with van der Waals surface area (Å²) in [6, 6.07) is 8.59. The minimum Gasteiger partial charge on any atom is -0.319 e. The molecule has 2 nitrogen and oxygen atoms in total. The number of likely N-dealkylation sites (N-methyl/N-ethyl adjacent to an activating group) is 1. The molecule has 3 rings (SSSR count). The maximum absolute atomic E-state index is 4.88. The molecule has 0 aliphatic carbocycles. The van der Waals surface area contributed by atoms with Gasteiger partial charge in [-0.2, -0.15) is 0 Å². The molecule has 0 saturated carbocycles. The highest BCUT2D eigenvalue weighted by Gasteiger charge is 2.22. The maximum Gasteiger partial charge on any atom is 0.0976 e. The van der Waals surface area contributed by atoms with Gasteiger partial charge in [0.05, 0.1) is 10.7 Å². The lowest BCUT2D eigenvalue weighted by Gasteiger charge is -2.13. The van der Waals surface area contributed by atoms with E-state index < -0.39 is 0 Å². The van der Waals surface area contributed by atoms with E-state index in [0.29, 0.717) is 5.92 Å². The highest BCUT2D eigenvalue weighted by Crippen LogP contribution is 2.44. The van der Waals surface area contributed by atoms with Crippen LogP contribution in [-0.2, 0) is 5.75 Å². The molecule has 18 heavy (non-hydrogen) atoms. The van der Waals surface area contributed by atoms with Crippen LogP contribution < -0.4 is 5.32 Å². The van der Waals surface area contributed by atoms with Gasteiger partial charge in [-0.3, -0.25) is 0 Å². The van der Waals surface area contributed by atoms with Crippen molar-refractivity contribution >= 4 is 23.1 Å². The predicted molar refractivity (Wildman–Crippen MR) is 79.5 cm³/mol. The molecule has 1 N–H and O–H groups in total. The van der Waals surface area contributed by atoms with E-state index in [1.807, 2.05) is 30.1 Å². The van der Waals surface area contributed by atoms with Gasteiger partial charge in [0, 0.05) is 33.6 Å². The number of hydrogen-bond acceptors (Lipinski definition) is 4. The van der Waals surface area contributed by atoms with Crippen LogP contribution in [0.25, 0.3) is 11.3 Å². The fourth-order valence-corrected chi connectivity index (χ4v) is 4.47. The van der Waals surface area contributed by atoms with Gasteiger partial charge < -0.3 is 5.32 Å². The molecule has 0 saturated heterocycles. The molecule has 1 unspecified atom stereocenters. The van der Waals surface area contributed by atoms with E-state index in [1.165, 1.54) is 26.0 Å². The maximum atomic E-state index is 4.88. The van der Waals surface area contributed by atoms with Crippen molar-refractivity contribution in [3.63, 3.8) is 0 Å². The summed E-state index contributed by atoms with van der Waals surface area (Å²) in [6.07, 6.45) is 0. The normalized spacial score (nSPS) is 15.0. The first-order valence-electron chi connectivity index (χ1n) is 6.16. The van der Waals surface area contributed by atoms with Crippen LogP contribution in [-0.4, -0.2) is 18.6 Å². The standard InChI is InChI=1S/C14H16N2S2/c1-9(7-15-2)14-16-13-10-5-3-4-6-11(10)17-8-12(13)18-14/h3-6,9,15H,7-8H2,1-2H3. The highest BCUT2D eigenvalue weighted by atomic mass is 32.2. The Kier molecular flexibility index (Phi) is 3.41. The molecule has 0 amide bonds. The molecule has 1 aliphatic rings. The van der Waals surface area contributed by atoms with Gasteiger partial charge in [-0.15, -0.1) is 23.1 Å². The Hall–Kier alpha value is -0.840. The van der Waals surface area contributed by atoms with Gasteiger partial charge >= 0.3 is 0 Å². The van der Waals surface area contributed by atoms with Crippen molar-refractivity contribution in [3.8, 4) is 11.3 Å². The largest absolute Gasteiger partial charge is 0.319 e. The Morgan fingerprint density at radius 2 is 2.22 bits per heavy atom. The first-order valence-corrected chi connectivity index (χ1v) is 7.96. The van der Waals surface area contributed by atoms with Crippen molar-refractivity contribution in [1.82, 2.24) is 10.3 Å². The smallest absolute Gasteiger partial charge is 0.0976 e. The van der Waals surface area contributed by atoms with E-state index in [1.54, 1.807) is 0 Å². The minimum absolute atomic E-state index is 0.489. The van der Waals surface area contributed by atoms with Crippen LogP contribution in [0, 0.1) is 0 Å². The number of benzene rings is 1. The van der Waals surface area contributed by atoms with Crippen LogP contribution in [0.4, 0.5) is 0 Å². The van der Waals surface area contributed by atoms with Crippen molar-refractivity contribution in [1.29, 1.82) is 0 Å². The van der Waals surface area contributed by atoms with Crippen molar-refractivity contribution in [3.05, 3.63) is 34.2 Å². The Morgan fingerprint density at radius 3 is 3.06 bits per heavy atom. The van der Waals surface area contributed by atoms with Gasteiger partial charge in [0.2, 0.25) is 0 Å². The Balaban J connectivity index is 2.01. The number of aromatic nitrogens is 1. The third-order valence-electron chi connectivity index (χ3n) is 3.15. The SMILES string of the molecule is CNCC(C)c1nc2c(s1)CSc1ccccc1-2. The highest BCUT2D eigenvalue weighted by molar-refractivity contribution is 7.98. The molecular weight excluding hydrogens is 260 g/mol. The summed E-state index contributed by atoms with van der Waals surface area (Å²) >= 11 is 3.80. The Labute approximate surface area is 116 Å². The monoisotopic (exact) mass is 276 g/mol. The van der Waals surface area contributed by atoms with Gasteiger partial charge in [-0.05, 0) is 13.1 Å². The third kappa shape index (κ3) is 2.09. The molecule has 1 aliphatic heterocycles. The van der Waals surface area contributed by atoms with Gasteiger partial charge in [0.15, 0.2) is 0 Å². The van der Waals surface area contributed by atoms with Crippen LogP contribution in [0.3, 0.4) is 0 Å². The van der Waals surface area contributed by atoms with E-state index in [9.17, 15) is 0 Å². The molecule has 2 aromatic rings. The molecule has 0 bridgehead atoms. The lowest BCUT2D eigenvalue weighted by molar-refractivity contribution is 0.674. The number of hydrogen-bond donors (Lipinski definition) is 1. The second-order valence-corrected chi connectivity index (χ2v) is 6.70. The molecule has 0 spiro atoms. The number of rotatable bonds is 3. The molecule has 2 heterocycles. The van der Waals surface area contributed by atoms with Gasteiger partial charge in [0.25, 0.3) is 0 Å². The summed E-state index contributed by atoms with van der Waals surface area (Å²) in [5.41, 5.74) is 2.52. The van der Waals surface area contributed by atoms with Gasteiger partial charge in [0.1, 0.15) is 0 Å². The second-order valence-electron chi connectivity index (χ2n) is 4.57. The molecule has 1 aromatic heterocycles. The zero-order valence-electron chi connectivity index (χ0n) is 10.6. The Morgan fingerprint density at radius 1 is 1.39 bits per heavy atom. The van der Waals surface area contributed by atoms with E-state index in [0.717, 1.165) is 12.3 Å². The van der Waals surface area contributed by atoms with E-state index in [-0.39, 0.29) is 0 Å². The van der Waals surface area contributed by atoms with Crippen LogP contribution in [0.1, 0.15) is 22.7 Å². The summed E-state index contributed by atoms with van der Waals surface area (Å²) in [7, 11) is 2.00. The first-order chi connectivity index (χ1) is 8.79. The Bertz CT molecular complexity index is 563.